The topological polar surface area (TPSA) is 6.48 Å². The van der Waals surface area contributed by atoms with E-state index in [1.165, 1.54) is 87.8 Å². The smallest absolute Gasteiger partial charge is 0.329 e. The van der Waals surface area contributed by atoms with Crippen molar-refractivity contribution < 1.29 is 0 Å². The molecule has 0 aromatic heterocycles. The molecule has 5 heteroatoms. The molecule has 0 N–H and O–H groups in total. The highest BCUT2D eigenvalue weighted by atomic mass is 32.2. The van der Waals surface area contributed by atoms with Gasteiger partial charge >= 0.3 is 6.85 Å². The zero-order valence-corrected chi connectivity index (χ0v) is 26.3. The normalized spacial score (nSPS) is 14.1. The second-order valence-electron chi connectivity index (χ2n) is 12.8. The Morgan fingerprint density at radius 2 is 0.979 bits per heavy atom. The van der Waals surface area contributed by atoms with Gasteiger partial charge in [0.15, 0.2) is 0 Å². The number of nitrogens with zero attached hydrogens (tertiary/aromatic N) is 2. The average Bonchev–Trinajstić information content (AvgIpc) is 3.14. The molecule has 0 fully saturated rings. The molecule has 11 rings (SSSR count). The van der Waals surface area contributed by atoms with Gasteiger partial charge in [-0.1, -0.05) is 126 Å². The summed E-state index contributed by atoms with van der Waals surface area (Å²) in [7, 11) is 0. The maximum atomic E-state index is 2.57. The first kappa shape index (κ1) is 25.8. The maximum absolute atomic E-state index is 2.57. The van der Waals surface area contributed by atoms with Gasteiger partial charge in [0.25, 0.3) is 0 Å². The monoisotopic (exact) mass is 612 g/mol. The first-order valence-corrected chi connectivity index (χ1v) is 17.2. The van der Waals surface area contributed by atoms with E-state index in [1.807, 2.05) is 11.8 Å². The Labute approximate surface area is 279 Å². The molecule has 216 valence electrons. The standard InChI is InChI=1S/C42H26B2N2S/c1-4-15-32-28(12-1)29-13-2-7-18-36(29)46-37-19-8-3-14-30(37)31-26-27(24-25-33(31)44(32)46)45-38-20-9-5-16-34(38)43-35-17-6-10-22-40(35)47-41-23-11-21-39(45)42(41)43/h1-26H. The fourth-order valence-electron chi connectivity index (χ4n) is 8.67. The van der Waals surface area contributed by atoms with Crippen LogP contribution >= 0.6 is 11.8 Å². The van der Waals surface area contributed by atoms with Crippen LogP contribution in [0.3, 0.4) is 0 Å². The molecule has 0 atom stereocenters. The molecule has 0 saturated carbocycles. The van der Waals surface area contributed by atoms with Gasteiger partial charge in [-0.15, -0.1) is 0 Å². The Morgan fingerprint density at radius 3 is 1.79 bits per heavy atom. The van der Waals surface area contributed by atoms with Crippen molar-refractivity contribution in [3.63, 3.8) is 0 Å². The van der Waals surface area contributed by atoms with Crippen LogP contribution in [0.2, 0.25) is 0 Å². The zero-order valence-electron chi connectivity index (χ0n) is 25.5. The third kappa shape index (κ3) is 3.44. The van der Waals surface area contributed by atoms with Gasteiger partial charge in [0.1, 0.15) is 0 Å². The first-order chi connectivity index (χ1) is 23.3. The lowest BCUT2D eigenvalue weighted by atomic mass is 9.35. The second-order valence-corrected chi connectivity index (χ2v) is 13.9. The van der Waals surface area contributed by atoms with Crippen LogP contribution in [0.25, 0.3) is 22.3 Å². The lowest BCUT2D eigenvalue weighted by molar-refractivity contribution is 1.27. The quantitative estimate of drug-likeness (QED) is 0.179. The largest absolute Gasteiger partial charge is 0.376 e. The summed E-state index contributed by atoms with van der Waals surface area (Å²) in [6.07, 6.45) is 0. The third-order valence-electron chi connectivity index (χ3n) is 10.5. The number of benzene rings is 7. The van der Waals surface area contributed by atoms with Gasteiger partial charge in [0.2, 0.25) is 6.71 Å². The Kier molecular flexibility index (Phi) is 5.25. The molecule has 0 spiro atoms. The SMILES string of the molecule is c1ccc2c(c1)Sc1cccc3c1B2c1ccccc1N3c1ccc2c(c1)-c1ccccc1N1B2c2ccccc2-c2ccccc21. The molecule has 47 heavy (non-hydrogen) atoms. The highest BCUT2D eigenvalue weighted by Gasteiger charge is 2.43. The van der Waals surface area contributed by atoms with Crippen LogP contribution < -0.4 is 37.0 Å². The minimum Gasteiger partial charge on any atom is -0.376 e. The highest BCUT2D eigenvalue weighted by molar-refractivity contribution is 8.00. The summed E-state index contributed by atoms with van der Waals surface area (Å²) >= 11 is 1.90. The minimum absolute atomic E-state index is 0.0930. The van der Waals surface area contributed by atoms with Crippen LogP contribution in [0.15, 0.2) is 168 Å². The molecule has 0 aliphatic carbocycles. The van der Waals surface area contributed by atoms with E-state index >= 15 is 0 Å². The molecule has 4 aliphatic rings. The van der Waals surface area contributed by atoms with Crippen molar-refractivity contribution in [1.29, 1.82) is 0 Å². The number of hydrogen-bond donors (Lipinski definition) is 0. The summed E-state index contributed by atoms with van der Waals surface area (Å²) in [5.74, 6) is 0. The molecule has 4 heterocycles. The molecule has 4 aliphatic heterocycles. The summed E-state index contributed by atoms with van der Waals surface area (Å²) in [6.45, 7) is 0.312. The van der Waals surface area contributed by atoms with Crippen molar-refractivity contribution in [1.82, 2.24) is 0 Å². The highest BCUT2D eigenvalue weighted by Crippen LogP contribution is 2.47. The minimum atomic E-state index is 0.0930. The molecule has 0 radical (unpaired) electrons. The van der Waals surface area contributed by atoms with Gasteiger partial charge < -0.3 is 9.71 Å². The summed E-state index contributed by atoms with van der Waals surface area (Å²) in [5, 5.41) is 0. The van der Waals surface area contributed by atoms with E-state index in [1.54, 1.807) is 0 Å². The summed E-state index contributed by atoms with van der Waals surface area (Å²) in [6, 6.07) is 58.8. The molecular formula is C42H26B2N2S. The van der Waals surface area contributed by atoms with Gasteiger partial charge in [-0.3, -0.25) is 0 Å². The van der Waals surface area contributed by atoms with Crippen molar-refractivity contribution in [3.05, 3.63) is 158 Å². The van der Waals surface area contributed by atoms with Gasteiger partial charge in [-0.2, -0.15) is 0 Å². The van der Waals surface area contributed by atoms with Gasteiger partial charge in [-0.25, -0.2) is 0 Å². The van der Waals surface area contributed by atoms with Crippen LogP contribution in [-0.2, 0) is 0 Å². The van der Waals surface area contributed by atoms with Crippen molar-refractivity contribution in [2.75, 3.05) is 9.71 Å². The van der Waals surface area contributed by atoms with Crippen molar-refractivity contribution in [2.24, 2.45) is 0 Å². The molecule has 2 nitrogen and oxygen atoms in total. The van der Waals surface area contributed by atoms with E-state index in [0.717, 1.165) is 0 Å². The van der Waals surface area contributed by atoms with Crippen LogP contribution in [0.5, 0.6) is 0 Å². The Morgan fingerprint density at radius 1 is 0.404 bits per heavy atom. The van der Waals surface area contributed by atoms with Crippen LogP contribution in [0.4, 0.5) is 28.4 Å². The Balaban J connectivity index is 1.15. The summed E-state index contributed by atoms with van der Waals surface area (Å²) in [5.41, 5.74) is 18.3. The predicted molar refractivity (Wildman–Crippen MR) is 201 cm³/mol. The Bertz CT molecular complexity index is 2460. The first-order valence-electron chi connectivity index (χ1n) is 16.3. The van der Waals surface area contributed by atoms with Gasteiger partial charge in [0.05, 0.1) is 0 Å². The van der Waals surface area contributed by atoms with E-state index in [-0.39, 0.29) is 13.6 Å². The molecule has 7 aromatic carbocycles. The van der Waals surface area contributed by atoms with Crippen LogP contribution in [0, 0.1) is 0 Å². The van der Waals surface area contributed by atoms with E-state index in [2.05, 4.69) is 167 Å². The van der Waals surface area contributed by atoms with E-state index in [9.17, 15) is 0 Å². The lowest BCUT2D eigenvalue weighted by Gasteiger charge is -2.44. The lowest BCUT2D eigenvalue weighted by Crippen LogP contribution is -2.60. The van der Waals surface area contributed by atoms with Gasteiger partial charge in [-0.05, 0) is 81.5 Å². The molecule has 0 amide bonds. The number of para-hydroxylation sites is 3. The average molecular weight is 612 g/mol. The fraction of sp³-hybridized carbons (Fsp3) is 0. The zero-order chi connectivity index (χ0) is 30.6. The molecular weight excluding hydrogens is 586 g/mol. The van der Waals surface area contributed by atoms with Crippen molar-refractivity contribution >= 4 is 81.1 Å². The Hall–Kier alpha value is -5.38. The maximum Gasteiger partial charge on any atom is 0.329 e. The van der Waals surface area contributed by atoms with E-state index in [4.69, 9.17) is 0 Å². The molecule has 0 saturated heterocycles. The fourth-order valence-corrected chi connectivity index (χ4v) is 9.84. The number of anilines is 5. The number of fused-ring (bicyclic) bond motifs is 15. The van der Waals surface area contributed by atoms with Crippen LogP contribution in [-0.4, -0.2) is 13.6 Å². The molecule has 0 bridgehead atoms. The van der Waals surface area contributed by atoms with E-state index < -0.39 is 0 Å². The van der Waals surface area contributed by atoms with E-state index in [0.29, 0.717) is 0 Å². The van der Waals surface area contributed by atoms with Crippen LogP contribution in [0.1, 0.15) is 0 Å². The van der Waals surface area contributed by atoms with Crippen molar-refractivity contribution in [3.8, 4) is 22.3 Å². The number of rotatable bonds is 1. The second kappa shape index (κ2) is 9.57. The van der Waals surface area contributed by atoms with Crippen molar-refractivity contribution in [2.45, 2.75) is 9.79 Å². The third-order valence-corrected chi connectivity index (χ3v) is 11.7. The predicted octanol–water partition coefficient (Wildman–Crippen LogP) is 7.36. The van der Waals surface area contributed by atoms with Gasteiger partial charge in [0, 0.05) is 49.4 Å². The summed E-state index contributed by atoms with van der Waals surface area (Å²) in [4.78, 5) is 7.79. The number of hydrogen-bond acceptors (Lipinski definition) is 3. The summed E-state index contributed by atoms with van der Waals surface area (Å²) < 4.78 is 0. The molecule has 0 unspecified atom stereocenters. The molecule has 7 aromatic rings.